The maximum Gasteiger partial charge on any atom is 0.233 e. The van der Waals surface area contributed by atoms with Gasteiger partial charge in [0.25, 0.3) is 0 Å². The highest BCUT2D eigenvalue weighted by Gasteiger charge is 2.08. The molecular formula is C11H19N5O. The third-order valence-electron chi connectivity index (χ3n) is 2.77. The minimum atomic E-state index is 0.539. The molecule has 1 aliphatic rings. The van der Waals surface area contributed by atoms with Crippen molar-refractivity contribution in [1.82, 2.24) is 20.2 Å². The van der Waals surface area contributed by atoms with Gasteiger partial charge in [-0.1, -0.05) is 0 Å². The van der Waals surface area contributed by atoms with E-state index < -0.39 is 0 Å². The van der Waals surface area contributed by atoms with Gasteiger partial charge >= 0.3 is 0 Å². The topological polar surface area (TPSA) is 62.3 Å². The Kier molecular flexibility index (Phi) is 4.52. The van der Waals surface area contributed by atoms with E-state index in [1.165, 1.54) is 0 Å². The first kappa shape index (κ1) is 12.1. The van der Waals surface area contributed by atoms with Crippen LogP contribution in [0.15, 0.2) is 12.4 Å². The van der Waals surface area contributed by atoms with E-state index in [1.807, 2.05) is 0 Å². The van der Waals surface area contributed by atoms with E-state index in [4.69, 9.17) is 4.74 Å². The van der Waals surface area contributed by atoms with Crippen molar-refractivity contribution >= 4 is 5.82 Å². The number of hydrogen-bond acceptors (Lipinski definition) is 6. The van der Waals surface area contributed by atoms with Crippen LogP contribution >= 0.6 is 0 Å². The largest absolute Gasteiger partial charge is 0.480 e. The Morgan fingerprint density at radius 2 is 2.24 bits per heavy atom. The van der Waals surface area contributed by atoms with Crippen molar-refractivity contribution in [3.8, 4) is 5.88 Å². The van der Waals surface area contributed by atoms with Crippen LogP contribution in [0.3, 0.4) is 0 Å². The summed E-state index contributed by atoms with van der Waals surface area (Å²) in [4.78, 5) is 10.7. The highest BCUT2D eigenvalue weighted by atomic mass is 16.5. The van der Waals surface area contributed by atoms with Crippen molar-refractivity contribution in [2.45, 2.75) is 0 Å². The Morgan fingerprint density at radius 3 is 3.00 bits per heavy atom. The standard InChI is InChI=1S/C11H19N5O/c1-17-11-9-13-8-10(15-11)14-4-7-16-5-2-12-3-6-16/h8-9,12H,2-7H2,1H3,(H,14,15). The molecule has 1 aliphatic heterocycles. The summed E-state index contributed by atoms with van der Waals surface area (Å²) in [5.74, 6) is 1.30. The summed E-state index contributed by atoms with van der Waals surface area (Å²) in [6, 6.07) is 0. The van der Waals surface area contributed by atoms with Crippen LogP contribution in [0.5, 0.6) is 5.88 Å². The number of aromatic nitrogens is 2. The summed E-state index contributed by atoms with van der Waals surface area (Å²) in [5, 5.41) is 6.59. The number of nitrogens with one attached hydrogen (secondary N) is 2. The third kappa shape index (κ3) is 3.83. The van der Waals surface area contributed by atoms with Crippen LogP contribution in [0.1, 0.15) is 0 Å². The molecule has 0 amide bonds. The lowest BCUT2D eigenvalue weighted by Gasteiger charge is -2.27. The van der Waals surface area contributed by atoms with Crippen LogP contribution in [0.2, 0.25) is 0 Å². The lowest BCUT2D eigenvalue weighted by Crippen LogP contribution is -2.45. The van der Waals surface area contributed by atoms with Gasteiger partial charge in [0.05, 0.1) is 19.5 Å². The molecule has 0 aliphatic carbocycles. The Morgan fingerprint density at radius 1 is 1.41 bits per heavy atom. The van der Waals surface area contributed by atoms with Gasteiger partial charge in [-0.2, -0.15) is 4.98 Å². The van der Waals surface area contributed by atoms with Gasteiger partial charge < -0.3 is 15.4 Å². The number of rotatable bonds is 5. The first-order chi connectivity index (χ1) is 8.38. The predicted molar refractivity (Wildman–Crippen MR) is 66.4 cm³/mol. The molecule has 2 rings (SSSR count). The van der Waals surface area contributed by atoms with Crippen LogP contribution in [-0.4, -0.2) is 61.2 Å². The molecule has 6 heteroatoms. The molecule has 17 heavy (non-hydrogen) atoms. The fourth-order valence-electron chi connectivity index (χ4n) is 1.81. The second-order valence-electron chi connectivity index (χ2n) is 3.97. The first-order valence-electron chi connectivity index (χ1n) is 5.91. The van der Waals surface area contributed by atoms with Crippen molar-refractivity contribution in [2.75, 3.05) is 51.7 Å². The number of nitrogens with zero attached hydrogens (tertiary/aromatic N) is 3. The molecule has 1 aromatic heterocycles. The van der Waals surface area contributed by atoms with Gasteiger partial charge in [0.15, 0.2) is 0 Å². The normalized spacial score (nSPS) is 16.8. The van der Waals surface area contributed by atoms with E-state index >= 15 is 0 Å². The van der Waals surface area contributed by atoms with E-state index in [-0.39, 0.29) is 0 Å². The van der Waals surface area contributed by atoms with E-state index in [1.54, 1.807) is 19.5 Å². The average Bonchev–Trinajstić information content (AvgIpc) is 2.40. The minimum absolute atomic E-state index is 0.539. The Hall–Kier alpha value is -1.40. The molecule has 0 aromatic carbocycles. The minimum Gasteiger partial charge on any atom is -0.480 e. The predicted octanol–water partition coefficient (Wildman–Crippen LogP) is -0.198. The fraction of sp³-hybridized carbons (Fsp3) is 0.636. The molecule has 0 spiro atoms. The number of methoxy groups -OCH3 is 1. The van der Waals surface area contributed by atoms with Crippen molar-refractivity contribution in [2.24, 2.45) is 0 Å². The van der Waals surface area contributed by atoms with E-state index in [0.29, 0.717) is 5.88 Å². The molecule has 1 fully saturated rings. The van der Waals surface area contributed by atoms with Gasteiger partial charge in [-0.25, -0.2) is 0 Å². The van der Waals surface area contributed by atoms with Crippen molar-refractivity contribution in [1.29, 1.82) is 0 Å². The third-order valence-corrected chi connectivity index (χ3v) is 2.77. The number of anilines is 1. The van der Waals surface area contributed by atoms with E-state index in [2.05, 4.69) is 25.5 Å². The first-order valence-corrected chi connectivity index (χ1v) is 5.91. The van der Waals surface area contributed by atoms with Crippen molar-refractivity contribution in [3.63, 3.8) is 0 Å². The summed E-state index contributed by atoms with van der Waals surface area (Å²) in [6.45, 7) is 6.30. The molecule has 0 atom stereocenters. The zero-order valence-electron chi connectivity index (χ0n) is 10.1. The molecule has 1 aromatic rings. The quantitative estimate of drug-likeness (QED) is 0.739. The SMILES string of the molecule is COc1cncc(NCCN2CCNCC2)n1. The summed E-state index contributed by atoms with van der Waals surface area (Å²) in [7, 11) is 1.59. The number of hydrogen-bond donors (Lipinski definition) is 2. The lowest BCUT2D eigenvalue weighted by molar-refractivity contribution is 0.249. The fourth-order valence-corrected chi connectivity index (χ4v) is 1.81. The molecular weight excluding hydrogens is 218 g/mol. The smallest absolute Gasteiger partial charge is 0.233 e. The van der Waals surface area contributed by atoms with Crippen LogP contribution < -0.4 is 15.4 Å². The zero-order valence-corrected chi connectivity index (χ0v) is 10.1. The van der Waals surface area contributed by atoms with Crippen molar-refractivity contribution in [3.05, 3.63) is 12.4 Å². The zero-order chi connectivity index (χ0) is 11.9. The Balaban J connectivity index is 1.73. The lowest BCUT2D eigenvalue weighted by atomic mass is 10.3. The second-order valence-corrected chi connectivity index (χ2v) is 3.97. The average molecular weight is 237 g/mol. The Labute approximate surface area is 101 Å². The van der Waals surface area contributed by atoms with Gasteiger partial charge in [0.2, 0.25) is 5.88 Å². The molecule has 0 unspecified atom stereocenters. The Bertz CT molecular complexity index is 340. The van der Waals surface area contributed by atoms with Crippen LogP contribution in [0.4, 0.5) is 5.82 Å². The second kappa shape index (κ2) is 6.36. The van der Waals surface area contributed by atoms with Gasteiger partial charge in [-0.15, -0.1) is 0 Å². The van der Waals surface area contributed by atoms with Crippen LogP contribution in [0, 0.1) is 0 Å². The van der Waals surface area contributed by atoms with E-state index in [0.717, 1.165) is 45.1 Å². The number of piperazine rings is 1. The van der Waals surface area contributed by atoms with E-state index in [9.17, 15) is 0 Å². The molecule has 6 nitrogen and oxygen atoms in total. The van der Waals surface area contributed by atoms with Gasteiger partial charge in [-0.05, 0) is 0 Å². The van der Waals surface area contributed by atoms with Gasteiger partial charge in [0.1, 0.15) is 5.82 Å². The number of ether oxygens (including phenoxy) is 1. The van der Waals surface area contributed by atoms with Crippen LogP contribution in [0.25, 0.3) is 0 Å². The summed E-state index contributed by atoms with van der Waals surface area (Å²) in [5.41, 5.74) is 0. The molecule has 0 saturated carbocycles. The summed E-state index contributed by atoms with van der Waals surface area (Å²) < 4.78 is 5.02. The maximum absolute atomic E-state index is 5.02. The molecule has 0 bridgehead atoms. The van der Waals surface area contributed by atoms with Gasteiger partial charge in [0, 0.05) is 39.3 Å². The summed E-state index contributed by atoms with van der Waals surface area (Å²) >= 11 is 0. The molecule has 2 N–H and O–H groups in total. The molecule has 94 valence electrons. The van der Waals surface area contributed by atoms with Crippen LogP contribution in [-0.2, 0) is 0 Å². The highest BCUT2D eigenvalue weighted by Crippen LogP contribution is 2.07. The molecule has 1 saturated heterocycles. The van der Waals surface area contributed by atoms with Gasteiger partial charge in [-0.3, -0.25) is 9.88 Å². The molecule has 0 radical (unpaired) electrons. The van der Waals surface area contributed by atoms with Crippen molar-refractivity contribution < 1.29 is 4.74 Å². The highest BCUT2D eigenvalue weighted by molar-refractivity contribution is 5.33. The maximum atomic E-state index is 5.02. The molecule has 2 heterocycles. The summed E-state index contributed by atoms with van der Waals surface area (Å²) in [6.07, 6.45) is 3.31. The monoisotopic (exact) mass is 237 g/mol.